The van der Waals surface area contributed by atoms with Crippen LogP contribution in [0.5, 0.6) is 5.88 Å². The van der Waals surface area contributed by atoms with Crippen LogP contribution in [0.2, 0.25) is 0 Å². The van der Waals surface area contributed by atoms with Crippen molar-refractivity contribution in [2.75, 3.05) is 12.4 Å². The van der Waals surface area contributed by atoms with Crippen molar-refractivity contribution in [1.82, 2.24) is 4.98 Å². The van der Waals surface area contributed by atoms with Crippen molar-refractivity contribution in [2.45, 2.75) is 6.54 Å². The second-order valence-corrected chi connectivity index (χ2v) is 4.53. The summed E-state index contributed by atoms with van der Waals surface area (Å²) in [5.41, 5.74) is 1.86. The normalized spacial score (nSPS) is 10.2. The predicted molar refractivity (Wildman–Crippen MR) is 72.2 cm³/mol. The Morgan fingerprint density at radius 3 is 2.78 bits per heavy atom. The lowest BCUT2D eigenvalue weighted by Crippen LogP contribution is -2.01. The number of benzene rings is 1. The highest BCUT2D eigenvalue weighted by Gasteiger charge is 2.02. The van der Waals surface area contributed by atoms with E-state index < -0.39 is 0 Å². The van der Waals surface area contributed by atoms with E-state index >= 15 is 0 Å². The highest BCUT2D eigenvalue weighted by Crippen LogP contribution is 2.19. The minimum atomic E-state index is -0.253. The van der Waals surface area contributed by atoms with Crippen LogP contribution in [-0.4, -0.2) is 12.1 Å². The molecule has 0 bridgehead atoms. The van der Waals surface area contributed by atoms with Gasteiger partial charge in [0.25, 0.3) is 0 Å². The number of aromatic nitrogens is 1. The lowest BCUT2D eigenvalue weighted by molar-refractivity contribution is 0.398. The number of nitrogens with zero attached hydrogens (tertiary/aromatic N) is 1. The molecule has 2 aromatic rings. The molecule has 0 aliphatic rings. The van der Waals surface area contributed by atoms with E-state index in [2.05, 4.69) is 26.2 Å². The van der Waals surface area contributed by atoms with E-state index in [-0.39, 0.29) is 5.82 Å². The summed E-state index contributed by atoms with van der Waals surface area (Å²) in [6.07, 6.45) is 1.69. The van der Waals surface area contributed by atoms with E-state index in [1.54, 1.807) is 25.4 Å². The molecule has 1 aromatic carbocycles. The van der Waals surface area contributed by atoms with Gasteiger partial charge in [-0.2, -0.15) is 0 Å². The van der Waals surface area contributed by atoms with Gasteiger partial charge in [0, 0.05) is 17.1 Å². The van der Waals surface area contributed by atoms with Gasteiger partial charge in [0.2, 0.25) is 5.88 Å². The standard InChI is InChI=1S/C13H12BrFN2O/c1-18-13-5-4-11(8-17-13)16-7-9-2-3-10(15)6-12(9)14/h2-6,8,16H,7H2,1H3. The molecule has 0 radical (unpaired) electrons. The molecule has 5 heteroatoms. The quantitative estimate of drug-likeness (QED) is 0.937. The molecule has 3 nitrogen and oxygen atoms in total. The van der Waals surface area contributed by atoms with Crippen molar-refractivity contribution in [2.24, 2.45) is 0 Å². The number of rotatable bonds is 4. The highest BCUT2D eigenvalue weighted by molar-refractivity contribution is 9.10. The van der Waals surface area contributed by atoms with Crippen molar-refractivity contribution >= 4 is 21.6 Å². The van der Waals surface area contributed by atoms with Crippen LogP contribution in [0.4, 0.5) is 10.1 Å². The fourth-order valence-corrected chi connectivity index (χ4v) is 1.96. The van der Waals surface area contributed by atoms with Gasteiger partial charge in [-0.05, 0) is 23.8 Å². The number of pyridine rings is 1. The fourth-order valence-electron chi connectivity index (χ4n) is 1.47. The SMILES string of the molecule is COc1ccc(NCc2ccc(F)cc2Br)cn1. The smallest absolute Gasteiger partial charge is 0.213 e. The van der Waals surface area contributed by atoms with E-state index in [0.29, 0.717) is 12.4 Å². The monoisotopic (exact) mass is 310 g/mol. The minimum Gasteiger partial charge on any atom is -0.481 e. The Bertz CT molecular complexity index is 531. The van der Waals surface area contributed by atoms with Crippen LogP contribution in [0.3, 0.4) is 0 Å². The van der Waals surface area contributed by atoms with E-state index in [1.165, 1.54) is 12.1 Å². The molecule has 1 N–H and O–H groups in total. The Morgan fingerprint density at radius 1 is 1.33 bits per heavy atom. The Kier molecular flexibility index (Phi) is 4.15. The average molecular weight is 311 g/mol. The predicted octanol–water partition coefficient (Wildman–Crippen LogP) is 3.60. The third-order valence-electron chi connectivity index (χ3n) is 2.44. The average Bonchev–Trinajstić information content (AvgIpc) is 2.38. The molecule has 0 fully saturated rings. The number of anilines is 1. The summed E-state index contributed by atoms with van der Waals surface area (Å²) in [6, 6.07) is 8.28. The van der Waals surface area contributed by atoms with Crippen molar-refractivity contribution < 1.29 is 9.13 Å². The van der Waals surface area contributed by atoms with Crippen molar-refractivity contribution in [1.29, 1.82) is 0 Å². The van der Waals surface area contributed by atoms with Gasteiger partial charge in [0.1, 0.15) is 5.82 Å². The summed E-state index contributed by atoms with van der Waals surface area (Å²) in [7, 11) is 1.57. The first-order chi connectivity index (χ1) is 8.69. The van der Waals surface area contributed by atoms with Gasteiger partial charge >= 0.3 is 0 Å². The van der Waals surface area contributed by atoms with Crippen molar-refractivity contribution in [3.63, 3.8) is 0 Å². The molecular weight excluding hydrogens is 299 g/mol. The molecule has 2 rings (SSSR count). The van der Waals surface area contributed by atoms with Gasteiger partial charge in [-0.3, -0.25) is 0 Å². The third kappa shape index (κ3) is 3.20. The summed E-state index contributed by atoms with van der Waals surface area (Å²) in [5, 5.41) is 3.20. The van der Waals surface area contributed by atoms with Crippen LogP contribution in [-0.2, 0) is 6.54 Å². The first-order valence-corrected chi connectivity index (χ1v) is 6.16. The summed E-state index contributed by atoms with van der Waals surface area (Å²) in [6.45, 7) is 0.592. The van der Waals surface area contributed by atoms with E-state index in [9.17, 15) is 4.39 Å². The number of hydrogen-bond acceptors (Lipinski definition) is 3. The molecule has 18 heavy (non-hydrogen) atoms. The molecule has 0 aliphatic heterocycles. The number of methoxy groups -OCH3 is 1. The molecule has 1 aromatic heterocycles. The van der Waals surface area contributed by atoms with Gasteiger partial charge in [-0.15, -0.1) is 0 Å². The van der Waals surface area contributed by atoms with E-state index in [1.807, 2.05) is 6.07 Å². The van der Waals surface area contributed by atoms with Crippen LogP contribution in [0.15, 0.2) is 41.0 Å². The van der Waals surface area contributed by atoms with Crippen LogP contribution in [0.25, 0.3) is 0 Å². The maximum Gasteiger partial charge on any atom is 0.213 e. The second kappa shape index (κ2) is 5.82. The molecule has 94 valence electrons. The van der Waals surface area contributed by atoms with Crippen LogP contribution in [0.1, 0.15) is 5.56 Å². The van der Waals surface area contributed by atoms with E-state index in [4.69, 9.17) is 4.74 Å². The zero-order chi connectivity index (χ0) is 13.0. The minimum absolute atomic E-state index is 0.253. The molecule has 0 saturated heterocycles. The molecule has 0 unspecified atom stereocenters. The Balaban J connectivity index is 2.02. The maximum atomic E-state index is 12.9. The summed E-state index contributed by atoms with van der Waals surface area (Å²) >= 11 is 3.33. The zero-order valence-electron chi connectivity index (χ0n) is 9.78. The summed E-state index contributed by atoms with van der Waals surface area (Å²) < 4.78 is 18.6. The molecule has 0 atom stereocenters. The second-order valence-electron chi connectivity index (χ2n) is 3.68. The first kappa shape index (κ1) is 12.8. The molecule has 0 saturated carbocycles. The topological polar surface area (TPSA) is 34.1 Å². The number of halogens is 2. The fraction of sp³-hybridized carbons (Fsp3) is 0.154. The third-order valence-corrected chi connectivity index (χ3v) is 3.18. The molecule has 0 amide bonds. The first-order valence-electron chi connectivity index (χ1n) is 5.37. The largest absolute Gasteiger partial charge is 0.481 e. The molecule has 1 heterocycles. The van der Waals surface area contributed by atoms with Crippen LogP contribution < -0.4 is 10.1 Å². The van der Waals surface area contributed by atoms with Gasteiger partial charge in [-0.25, -0.2) is 9.37 Å². The summed E-state index contributed by atoms with van der Waals surface area (Å²) in [4.78, 5) is 4.09. The van der Waals surface area contributed by atoms with Gasteiger partial charge in [-0.1, -0.05) is 22.0 Å². The van der Waals surface area contributed by atoms with Gasteiger partial charge < -0.3 is 10.1 Å². The lowest BCUT2D eigenvalue weighted by atomic mass is 10.2. The highest BCUT2D eigenvalue weighted by atomic mass is 79.9. The Morgan fingerprint density at radius 2 is 2.17 bits per heavy atom. The Hall–Kier alpha value is -1.62. The van der Waals surface area contributed by atoms with Crippen LogP contribution >= 0.6 is 15.9 Å². The molecule has 0 spiro atoms. The maximum absolute atomic E-state index is 12.9. The number of ether oxygens (including phenoxy) is 1. The number of nitrogens with one attached hydrogen (secondary N) is 1. The van der Waals surface area contributed by atoms with Crippen LogP contribution in [0, 0.1) is 5.82 Å². The molecular formula is C13H12BrFN2O. The van der Waals surface area contributed by atoms with Crippen molar-refractivity contribution in [3.8, 4) is 5.88 Å². The Labute approximate surface area is 113 Å². The van der Waals surface area contributed by atoms with Gasteiger partial charge in [0.15, 0.2) is 0 Å². The molecule has 0 aliphatic carbocycles. The lowest BCUT2D eigenvalue weighted by Gasteiger charge is -2.08. The van der Waals surface area contributed by atoms with Gasteiger partial charge in [0.05, 0.1) is 19.0 Å². The van der Waals surface area contributed by atoms with E-state index in [0.717, 1.165) is 15.7 Å². The number of hydrogen-bond donors (Lipinski definition) is 1. The zero-order valence-corrected chi connectivity index (χ0v) is 11.4. The van der Waals surface area contributed by atoms with Crippen molar-refractivity contribution in [3.05, 3.63) is 52.4 Å². The summed E-state index contributed by atoms with van der Waals surface area (Å²) in [5.74, 6) is 0.320.